The van der Waals surface area contributed by atoms with Gasteiger partial charge < -0.3 is 34.4 Å². The molecule has 0 saturated carbocycles. The maximum absolute atomic E-state index is 12.4. The fourth-order valence-corrected chi connectivity index (χ4v) is 4.33. The summed E-state index contributed by atoms with van der Waals surface area (Å²) in [7, 11) is 1.27. The molecule has 2 heterocycles. The second-order valence-corrected chi connectivity index (χ2v) is 9.56. The van der Waals surface area contributed by atoms with Gasteiger partial charge in [-0.05, 0) is 61.9 Å². The molecule has 11 nitrogen and oxygen atoms in total. The van der Waals surface area contributed by atoms with Crippen molar-refractivity contribution in [2.24, 2.45) is 5.10 Å². The van der Waals surface area contributed by atoms with E-state index in [1.807, 2.05) is 0 Å². The molecule has 3 aromatic rings. The summed E-state index contributed by atoms with van der Waals surface area (Å²) in [5.74, 6) is 1.16. The first-order chi connectivity index (χ1) is 19.7. The number of hydrazone groups is 1. The Hall–Kier alpha value is -4.19. The summed E-state index contributed by atoms with van der Waals surface area (Å²) >= 11 is 12.0. The number of hydrogen-bond acceptors (Lipinski definition) is 9. The lowest BCUT2D eigenvalue weighted by Gasteiger charge is -2.28. The van der Waals surface area contributed by atoms with Crippen molar-refractivity contribution in [3.8, 4) is 22.8 Å². The molecular weight excluding hydrogens is 575 g/mol. The quantitative estimate of drug-likeness (QED) is 0.106. The number of aliphatic hydroxyl groups is 1. The van der Waals surface area contributed by atoms with Gasteiger partial charge in [0.05, 0.1) is 41.6 Å². The number of nitrogens with zero attached hydrogens (tertiary/aromatic N) is 1. The van der Waals surface area contributed by atoms with Gasteiger partial charge in [0.25, 0.3) is 0 Å². The third kappa shape index (κ3) is 7.31. The number of esters is 1. The highest BCUT2D eigenvalue weighted by Gasteiger charge is 2.32. The summed E-state index contributed by atoms with van der Waals surface area (Å²) < 4.78 is 22.1. The number of halogens is 2. The van der Waals surface area contributed by atoms with Crippen molar-refractivity contribution in [2.45, 2.75) is 26.1 Å². The predicted octanol–water partition coefficient (Wildman–Crippen LogP) is 4.77. The summed E-state index contributed by atoms with van der Waals surface area (Å²) in [6, 6.07) is 12.4. The number of allylic oxidation sites excluding steroid dienone is 1. The van der Waals surface area contributed by atoms with Crippen LogP contribution in [0.3, 0.4) is 0 Å². The predicted molar refractivity (Wildman–Crippen MR) is 153 cm³/mol. The minimum absolute atomic E-state index is 0.167. The van der Waals surface area contributed by atoms with Gasteiger partial charge in [0.1, 0.15) is 18.1 Å². The molecule has 1 aliphatic heterocycles. The number of hydrogen-bond donors (Lipinski definition) is 4. The van der Waals surface area contributed by atoms with Crippen LogP contribution in [0.5, 0.6) is 11.5 Å². The molecule has 4 N–H and O–H groups in total. The number of amides is 2. The first kappa shape index (κ1) is 29.8. The van der Waals surface area contributed by atoms with E-state index in [9.17, 15) is 14.7 Å². The number of ether oxygens (including phenoxy) is 3. The van der Waals surface area contributed by atoms with E-state index in [0.717, 1.165) is 5.56 Å². The summed E-state index contributed by atoms with van der Waals surface area (Å²) in [5, 5.41) is 20.5. The topological polar surface area (TPSA) is 144 Å². The average Bonchev–Trinajstić information content (AvgIpc) is 3.42. The lowest BCUT2D eigenvalue weighted by molar-refractivity contribution is -0.136. The Morgan fingerprint density at radius 3 is 2.68 bits per heavy atom. The molecule has 0 aliphatic carbocycles. The van der Waals surface area contributed by atoms with E-state index in [0.29, 0.717) is 50.9 Å². The van der Waals surface area contributed by atoms with E-state index in [1.54, 1.807) is 62.4 Å². The highest BCUT2D eigenvalue weighted by molar-refractivity contribution is 6.42. The van der Waals surface area contributed by atoms with Crippen LogP contribution >= 0.6 is 23.2 Å². The van der Waals surface area contributed by atoms with Crippen LogP contribution in [0.2, 0.25) is 10.0 Å². The summed E-state index contributed by atoms with van der Waals surface area (Å²) in [6.07, 6.45) is 0.247. The molecule has 41 heavy (non-hydrogen) atoms. The minimum Gasteiger partial charge on any atom is -0.490 e. The lowest BCUT2D eigenvalue weighted by Crippen LogP contribution is -2.45. The molecule has 4 rings (SSSR count). The van der Waals surface area contributed by atoms with E-state index in [2.05, 4.69) is 21.2 Å². The van der Waals surface area contributed by atoms with Crippen molar-refractivity contribution < 1.29 is 33.3 Å². The first-order valence-electron chi connectivity index (χ1n) is 12.5. The van der Waals surface area contributed by atoms with Gasteiger partial charge in [-0.15, -0.1) is 0 Å². The fraction of sp³-hybridized carbons (Fsp3) is 0.250. The number of carbonyl (C=O) groups excluding carboxylic acids is 2. The Labute approximate surface area is 246 Å². The Bertz CT molecular complexity index is 1490. The van der Waals surface area contributed by atoms with Gasteiger partial charge in [-0.3, -0.25) is 5.43 Å². The second-order valence-electron chi connectivity index (χ2n) is 8.75. The van der Waals surface area contributed by atoms with Crippen molar-refractivity contribution >= 4 is 41.4 Å². The van der Waals surface area contributed by atoms with Gasteiger partial charge in [0.15, 0.2) is 17.7 Å². The van der Waals surface area contributed by atoms with Gasteiger partial charge in [-0.2, -0.15) is 5.10 Å². The molecule has 0 unspecified atom stereocenters. The molecule has 0 fully saturated rings. The zero-order valence-electron chi connectivity index (χ0n) is 22.4. The van der Waals surface area contributed by atoms with Crippen molar-refractivity contribution in [1.82, 2.24) is 16.1 Å². The van der Waals surface area contributed by atoms with Gasteiger partial charge in [-0.1, -0.05) is 29.3 Å². The average molecular weight is 603 g/mol. The van der Waals surface area contributed by atoms with Crippen LogP contribution in [0.1, 0.15) is 31.2 Å². The third-order valence-corrected chi connectivity index (χ3v) is 6.66. The molecule has 13 heteroatoms. The Morgan fingerprint density at radius 2 is 1.95 bits per heavy atom. The van der Waals surface area contributed by atoms with Crippen molar-refractivity contribution in [1.29, 1.82) is 0 Å². The first-order valence-corrected chi connectivity index (χ1v) is 13.2. The standard InChI is InChI=1S/C28H28Cl2N4O7/c1-4-39-23-12-17(26-25(27(36)38-3)15(2)32-28(37)33-26)6-9-22(23)40-14-24(35)34-31-13-18-7-10-21(41-18)16-5-8-19(29)20(30)11-16/h5-13,24,26,34-35H,4,14H2,1-3H3,(H2,32,33,37)/b31-13+/t24-,26-/m1/s1. The molecule has 0 spiro atoms. The number of aliphatic hydroxyl groups excluding tert-OH is 1. The highest BCUT2D eigenvalue weighted by Crippen LogP contribution is 2.35. The molecule has 216 valence electrons. The zero-order chi connectivity index (χ0) is 29.5. The number of carbonyl (C=O) groups is 2. The van der Waals surface area contributed by atoms with Crippen LogP contribution in [0.25, 0.3) is 11.3 Å². The van der Waals surface area contributed by atoms with E-state index in [4.69, 9.17) is 41.8 Å². The van der Waals surface area contributed by atoms with Crippen molar-refractivity contribution in [3.63, 3.8) is 0 Å². The largest absolute Gasteiger partial charge is 0.490 e. The van der Waals surface area contributed by atoms with E-state index in [1.165, 1.54) is 13.3 Å². The molecule has 1 aliphatic rings. The smallest absolute Gasteiger partial charge is 0.337 e. The van der Waals surface area contributed by atoms with Crippen molar-refractivity contribution in [3.05, 3.63) is 81.2 Å². The van der Waals surface area contributed by atoms with Crippen LogP contribution < -0.4 is 25.5 Å². The van der Waals surface area contributed by atoms with Gasteiger partial charge in [0.2, 0.25) is 0 Å². The molecule has 2 amide bonds. The van der Waals surface area contributed by atoms with E-state index >= 15 is 0 Å². The monoisotopic (exact) mass is 602 g/mol. The summed E-state index contributed by atoms with van der Waals surface area (Å²) in [6.45, 7) is 3.59. The molecule has 0 saturated heterocycles. The highest BCUT2D eigenvalue weighted by atomic mass is 35.5. The number of furan rings is 1. The summed E-state index contributed by atoms with van der Waals surface area (Å²) in [5.41, 5.74) is 4.55. The second kappa shape index (κ2) is 13.4. The molecule has 2 aromatic carbocycles. The maximum atomic E-state index is 12.4. The number of rotatable bonds is 11. The van der Waals surface area contributed by atoms with E-state index in [-0.39, 0.29) is 12.2 Å². The zero-order valence-corrected chi connectivity index (χ0v) is 23.9. The Kier molecular flexibility index (Phi) is 9.77. The molecular formula is C28H28Cl2N4O7. The normalized spacial score (nSPS) is 15.8. The van der Waals surface area contributed by atoms with Gasteiger partial charge >= 0.3 is 12.0 Å². The van der Waals surface area contributed by atoms with Gasteiger partial charge in [-0.25, -0.2) is 9.59 Å². The number of nitrogens with one attached hydrogen (secondary N) is 3. The SMILES string of the molecule is CCOc1cc([C@H]2NC(=O)NC(C)=C2C(=O)OC)ccc1OC[C@@H](O)N/N=C/c1ccc(-c2ccc(Cl)c(Cl)c2)o1. The third-order valence-electron chi connectivity index (χ3n) is 5.92. The Balaban J connectivity index is 1.39. The minimum atomic E-state index is -1.16. The van der Waals surface area contributed by atoms with Crippen LogP contribution in [-0.4, -0.2) is 49.9 Å². The maximum Gasteiger partial charge on any atom is 0.337 e. The van der Waals surface area contributed by atoms with Crippen LogP contribution in [0, 0.1) is 0 Å². The number of benzene rings is 2. The summed E-state index contributed by atoms with van der Waals surface area (Å²) in [4.78, 5) is 24.5. The fourth-order valence-electron chi connectivity index (χ4n) is 4.04. The van der Waals surface area contributed by atoms with E-state index < -0.39 is 24.3 Å². The van der Waals surface area contributed by atoms with Crippen LogP contribution in [-0.2, 0) is 9.53 Å². The molecule has 2 atom stereocenters. The lowest BCUT2D eigenvalue weighted by atomic mass is 9.95. The molecule has 0 radical (unpaired) electrons. The molecule has 1 aromatic heterocycles. The Morgan fingerprint density at radius 1 is 1.15 bits per heavy atom. The van der Waals surface area contributed by atoms with Gasteiger partial charge in [0, 0.05) is 11.3 Å². The van der Waals surface area contributed by atoms with Crippen LogP contribution in [0.15, 0.2) is 69.3 Å². The van der Waals surface area contributed by atoms with Crippen molar-refractivity contribution in [2.75, 3.05) is 20.3 Å². The number of urea groups is 1. The number of methoxy groups -OCH3 is 1. The van der Waals surface area contributed by atoms with Crippen LogP contribution in [0.4, 0.5) is 4.79 Å². The molecule has 0 bridgehead atoms.